The van der Waals surface area contributed by atoms with E-state index in [4.69, 9.17) is 14.5 Å². The lowest BCUT2D eigenvalue weighted by atomic mass is 10.0. The van der Waals surface area contributed by atoms with E-state index in [1.165, 1.54) is 0 Å². The van der Waals surface area contributed by atoms with Gasteiger partial charge in [0.15, 0.2) is 17.3 Å². The number of hydrogen-bond donors (Lipinski definition) is 0. The molecular formula is C31H27N3O3. The minimum atomic E-state index is -0.417. The van der Waals surface area contributed by atoms with Crippen molar-refractivity contribution in [2.24, 2.45) is 0 Å². The van der Waals surface area contributed by atoms with Gasteiger partial charge in [-0.05, 0) is 67.9 Å². The van der Waals surface area contributed by atoms with Crippen LogP contribution in [0.2, 0.25) is 0 Å². The molecule has 0 saturated carbocycles. The number of nitrogens with zero attached hydrogens (tertiary/aromatic N) is 3. The van der Waals surface area contributed by atoms with Crippen LogP contribution in [0.4, 0.5) is 4.79 Å². The number of carbonyl (C=O) groups is 1. The first-order chi connectivity index (χ1) is 18.1. The number of hydrogen-bond acceptors (Lipinski definition) is 4. The van der Waals surface area contributed by atoms with Gasteiger partial charge >= 0.3 is 6.09 Å². The van der Waals surface area contributed by atoms with Gasteiger partial charge in [-0.1, -0.05) is 42.5 Å². The third-order valence-electron chi connectivity index (χ3n) is 6.79. The molecule has 1 aliphatic rings. The van der Waals surface area contributed by atoms with Crippen LogP contribution in [-0.4, -0.2) is 33.6 Å². The van der Waals surface area contributed by atoms with Gasteiger partial charge in [0.1, 0.15) is 0 Å². The lowest BCUT2D eigenvalue weighted by molar-refractivity contribution is 0.147. The quantitative estimate of drug-likeness (QED) is 0.268. The summed E-state index contributed by atoms with van der Waals surface area (Å²) in [5, 5.41) is 3.08. The summed E-state index contributed by atoms with van der Waals surface area (Å²) in [6, 6.07) is 26.2. The van der Waals surface area contributed by atoms with E-state index in [2.05, 4.69) is 18.2 Å². The first-order valence-corrected chi connectivity index (χ1v) is 12.5. The number of aryl methyl sites for hydroxylation is 1. The molecule has 6 heteroatoms. The summed E-state index contributed by atoms with van der Waals surface area (Å²) in [4.78, 5) is 19.6. The minimum Gasteiger partial charge on any atom is -0.450 e. The van der Waals surface area contributed by atoms with E-state index in [-0.39, 0.29) is 0 Å². The molecule has 3 aromatic carbocycles. The predicted molar refractivity (Wildman–Crippen MR) is 147 cm³/mol. The Balaban J connectivity index is 1.66. The molecule has 0 spiro atoms. The lowest BCUT2D eigenvalue weighted by Crippen LogP contribution is -2.31. The Labute approximate surface area is 215 Å². The monoisotopic (exact) mass is 489 g/mol. The molecule has 0 saturated heterocycles. The van der Waals surface area contributed by atoms with Crippen LogP contribution in [0.15, 0.2) is 85.1 Å². The van der Waals surface area contributed by atoms with Gasteiger partial charge in [-0.25, -0.2) is 4.79 Å². The second-order valence-corrected chi connectivity index (χ2v) is 9.06. The highest BCUT2D eigenvalue weighted by Gasteiger charge is 2.29. The lowest BCUT2D eigenvalue weighted by Gasteiger charge is -2.21. The minimum absolute atomic E-state index is 0.373. The number of amides is 1. The van der Waals surface area contributed by atoms with E-state index in [9.17, 15) is 4.79 Å². The smallest absolute Gasteiger partial charge is 0.415 e. The molecule has 1 aliphatic heterocycles. The van der Waals surface area contributed by atoms with Crippen LogP contribution in [-0.2, 0) is 4.74 Å². The molecule has 0 unspecified atom stereocenters. The number of carbonyl (C=O) groups excluding carboxylic acids is 1. The van der Waals surface area contributed by atoms with Crippen molar-refractivity contribution in [2.45, 2.75) is 20.8 Å². The summed E-state index contributed by atoms with van der Waals surface area (Å²) in [5.41, 5.74) is 4.13. The molecular weight excluding hydrogens is 462 g/mol. The van der Waals surface area contributed by atoms with E-state index in [1.54, 1.807) is 4.90 Å². The molecule has 0 fully saturated rings. The van der Waals surface area contributed by atoms with Gasteiger partial charge in [-0.15, -0.1) is 0 Å². The highest BCUT2D eigenvalue weighted by molar-refractivity contribution is 6.00. The average Bonchev–Trinajstić information content (AvgIpc) is 3.36. The normalized spacial score (nSPS) is 12.6. The summed E-state index contributed by atoms with van der Waals surface area (Å²) in [6.07, 6.45) is 1.55. The van der Waals surface area contributed by atoms with Crippen molar-refractivity contribution in [3.8, 4) is 11.4 Å². The van der Waals surface area contributed by atoms with Crippen LogP contribution in [0.25, 0.3) is 38.9 Å². The third kappa shape index (κ3) is 3.91. The van der Waals surface area contributed by atoms with Gasteiger partial charge in [0.05, 0.1) is 16.9 Å². The van der Waals surface area contributed by atoms with Gasteiger partial charge in [0.25, 0.3) is 0 Å². The molecule has 184 valence electrons. The van der Waals surface area contributed by atoms with Crippen LogP contribution in [0.1, 0.15) is 30.8 Å². The maximum atomic E-state index is 13.3. The SMILES string of the molecule is CCN(CC)C(=O)OC1=C(c2cc(C)nc3ccccc23)Oc2cc3ccccc3cc2-n2cccc21. The van der Waals surface area contributed by atoms with Crippen molar-refractivity contribution in [1.82, 2.24) is 14.5 Å². The van der Waals surface area contributed by atoms with E-state index < -0.39 is 6.09 Å². The van der Waals surface area contributed by atoms with Crippen LogP contribution < -0.4 is 4.74 Å². The zero-order chi connectivity index (χ0) is 25.5. The Hall–Kier alpha value is -4.58. The van der Waals surface area contributed by atoms with E-state index in [0.29, 0.717) is 30.4 Å². The van der Waals surface area contributed by atoms with Crippen LogP contribution in [0, 0.1) is 6.92 Å². The fraction of sp³-hybridized carbons (Fsp3) is 0.161. The molecule has 6 nitrogen and oxygen atoms in total. The van der Waals surface area contributed by atoms with E-state index >= 15 is 0 Å². The number of ether oxygens (including phenoxy) is 2. The molecule has 37 heavy (non-hydrogen) atoms. The average molecular weight is 490 g/mol. The van der Waals surface area contributed by atoms with Crippen LogP contribution in [0.5, 0.6) is 5.75 Å². The highest BCUT2D eigenvalue weighted by atomic mass is 16.6. The van der Waals surface area contributed by atoms with Gasteiger partial charge in [0, 0.05) is 35.9 Å². The molecule has 5 aromatic rings. The second-order valence-electron chi connectivity index (χ2n) is 9.06. The molecule has 0 atom stereocenters. The molecule has 0 N–H and O–H groups in total. The maximum absolute atomic E-state index is 13.3. The van der Waals surface area contributed by atoms with E-state index in [1.807, 2.05) is 92.2 Å². The van der Waals surface area contributed by atoms with Crippen molar-refractivity contribution >= 4 is 39.3 Å². The number of fused-ring (bicyclic) bond motifs is 5. The fourth-order valence-electron chi connectivity index (χ4n) is 4.93. The van der Waals surface area contributed by atoms with Crippen molar-refractivity contribution in [3.63, 3.8) is 0 Å². The first-order valence-electron chi connectivity index (χ1n) is 12.5. The Morgan fingerprint density at radius 1 is 0.946 bits per heavy atom. The standard InChI is InChI=1S/C31H27N3O3/c1-4-33(5-2)31(35)37-30-26-15-10-16-34(26)27-18-21-11-6-7-12-22(21)19-28(27)36-29(30)24-17-20(3)32-25-14-9-8-13-23(24)25/h6-19H,4-5H2,1-3H3. The topological polar surface area (TPSA) is 56.6 Å². The molecule has 0 aliphatic carbocycles. The number of rotatable bonds is 4. The van der Waals surface area contributed by atoms with Crippen LogP contribution in [0.3, 0.4) is 0 Å². The molecule has 2 aromatic heterocycles. The van der Waals surface area contributed by atoms with Crippen molar-refractivity contribution in [1.29, 1.82) is 0 Å². The molecule has 6 rings (SSSR count). The Bertz CT molecular complexity index is 1700. The summed E-state index contributed by atoms with van der Waals surface area (Å²) < 4.78 is 15.0. The largest absolute Gasteiger partial charge is 0.450 e. The fourth-order valence-corrected chi connectivity index (χ4v) is 4.93. The van der Waals surface area contributed by atoms with Crippen LogP contribution >= 0.6 is 0 Å². The zero-order valence-electron chi connectivity index (χ0n) is 21.1. The maximum Gasteiger partial charge on any atom is 0.415 e. The Kier molecular flexibility index (Phi) is 5.64. The number of aromatic nitrogens is 2. The number of benzene rings is 3. The number of pyridine rings is 1. The first kappa shape index (κ1) is 22.9. The highest BCUT2D eigenvalue weighted by Crippen LogP contribution is 2.42. The van der Waals surface area contributed by atoms with Crippen molar-refractivity contribution in [3.05, 3.63) is 102 Å². The predicted octanol–water partition coefficient (Wildman–Crippen LogP) is 7.18. The number of para-hydroxylation sites is 1. The zero-order valence-corrected chi connectivity index (χ0v) is 21.1. The third-order valence-corrected chi connectivity index (χ3v) is 6.79. The van der Waals surface area contributed by atoms with Gasteiger partial charge in [0.2, 0.25) is 0 Å². The van der Waals surface area contributed by atoms with Crippen molar-refractivity contribution in [2.75, 3.05) is 13.1 Å². The molecule has 3 heterocycles. The summed E-state index contributed by atoms with van der Waals surface area (Å²) >= 11 is 0. The second kappa shape index (κ2) is 9.13. The molecule has 1 amide bonds. The van der Waals surface area contributed by atoms with E-state index in [0.717, 1.165) is 44.3 Å². The summed E-state index contributed by atoms with van der Waals surface area (Å²) in [7, 11) is 0. The summed E-state index contributed by atoms with van der Waals surface area (Å²) in [6.45, 7) is 6.92. The summed E-state index contributed by atoms with van der Waals surface area (Å²) in [5.74, 6) is 1.53. The Morgan fingerprint density at radius 2 is 1.68 bits per heavy atom. The van der Waals surface area contributed by atoms with Crippen molar-refractivity contribution < 1.29 is 14.3 Å². The molecule has 0 bridgehead atoms. The van der Waals surface area contributed by atoms with Gasteiger partial charge < -0.3 is 18.9 Å². The van der Waals surface area contributed by atoms with Gasteiger partial charge in [-0.3, -0.25) is 4.98 Å². The van der Waals surface area contributed by atoms with Gasteiger partial charge in [-0.2, -0.15) is 0 Å². The Morgan fingerprint density at radius 3 is 2.46 bits per heavy atom. The molecule has 0 radical (unpaired) electrons.